The Morgan fingerprint density at radius 2 is 2.05 bits per heavy atom. The first-order valence-corrected chi connectivity index (χ1v) is 7.62. The molecule has 1 atom stereocenters. The van der Waals surface area contributed by atoms with Crippen LogP contribution in [0, 0.1) is 6.92 Å². The molecule has 0 aliphatic heterocycles. The number of rotatable bonds is 5. The molecule has 114 valence electrons. The largest absolute Gasteiger partial charge is 0.417 e. The Labute approximate surface area is 126 Å². The lowest BCUT2D eigenvalue weighted by atomic mass is 10.0. The summed E-state index contributed by atoms with van der Waals surface area (Å²) < 4.78 is 37.8. The molecule has 0 saturated carbocycles. The monoisotopic (exact) mass is 314 g/mol. The van der Waals surface area contributed by atoms with Crippen LogP contribution in [0.5, 0.6) is 0 Å². The fraction of sp³-hybridized carbons (Fsp3) is 0.400. The van der Waals surface area contributed by atoms with Crippen molar-refractivity contribution >= 4 is 11.3 Å². The predicted molar refractivity (Wildman–Crippen MR) is 78.4 cm³/mol. The normalized spacial score (nSPS) is 13.4. The van der Waals surface area contributed by atoms with Crippen LogP contribution in [0.4, 0.5) is 13.2 Å². The fourth-order valence-corrected chi connectivity index (χ4v) is 2.84. The highest BCUT2D eigenvalue weighted by atomic mass is 32.1. The summed E-state index contributed by atoms with van der Waals surface area (Å²) in [5.74, 6) is 0. The Bertz CT molecular complexity index is 575. The molecule has 0 aliphatic carbocycles. The summed E-state index contributed by atoms with van der Waals surface area (Å²) >= 11 is 1.62. The van der Waals surface area contributed by atoms with Gasteiger partial charge in [-0.3, -0.25) is 4.98 Å². The number of aryl methyl sites for hydroxylation is 1. The van der Waals surface area contributed by atoms with Crippen molar-refractivity contribution in [1.82, 2.24) is 10.3 Å². The molecule has 2 aromatic heterocycles. The van der Waals surface area contributed by atoms with E-state index < -0.39 is 11.7 Å². The predicted octanol–water partition coefficient (Wildman–Crippen LogP) is 4.56. The van der Waals surface area contributed by atoms with Gasteiger partial charge >= 0.3 is 6.18 Å². The van der Waals surface area contributed by atoms with Gasteiger partial charge in [-0.2, -0.15) is 13.2 Å². The Morgan fingerprint density at radius 3 is 2.52 bits per heavy atom. The van der Waals surface area contributed by atoms with Gasteiger partial charge in [0.15, 0.2) is 0 Å². The van der Waals surface area contributed by atoms with Gasteiger partial charge in [0.1, 0.15) is 0 Å². The molecule has 2 rings (SSSR count). The van der Waals surface area contributed by atoms with Crippen molar-refractivity contribution in [2.45, 2.75) is 32.5 Å². The maximum Gasteiger partial charge on any atom is 0.417 e. The van der Waals surface area contributed by atoms with Crippen LogP contribution >= 0.6 is 11.3 Å². The zero-order chi connectivity index (χ0) is 15.5. The molecule has 0 aliphatic rings. The van der Waals surface area contributed by atoms with E-state index in [0.717, 1.165) is 35.7 Å². The van der Waals surface area contributed by atoms with Crippen LogP contribution in [0.2, 0.25) is 0 Å². The lowest BCUT2D eigenvalue weighted by Gasteiger charge is -2.19. The molecule has 0 spiro atoms. The minimum atomic E-state index is -4.35. The zero-order valence-electron chi connectivity index (χ0n) is 11.9. The van der Waals surface area contributed by atoms with Crippen molar-refractivity contribution in [2.75, 3.05) is 6.54 Å². The zero-order valence-corrected chi connectivity index (χ0v) is 12.7. The maximum atomic E-state index is 12.6. The number of thiophene rings is 1. The number of hydrogen-bond donors (Lipinski definition) is 1. The third kappa shape index (κ3) is 3.83. The first-order valence-electron chi connectivity index (χ1n) is 6.74. The highest BCUT2D eigenvalue weighted by molar-refractivity contribution is 7.10. The van der Waals surface area contributed by atoms with Crippen molar-refractivity contribution in [2.24, 2.45) is 0 Å². The van der Waals surface area contributed by atoms with E-state index >= 15 is 0 Å². The second kappa shape index (κ2) is 6.58. The number of hydrogen-bond acceptors (Lipinski definition) is 3. The minimum absolute atomic E-state index is 0.168. The highest BCUT2D eigenvalue weighted by Gasteiger charge is 2.31. The van der Waals surface area contributed by atoms with E-state index in [9.17, 15) is 13.2 Å². The first kappa shape index (κ1) is 16.0. The Morgan fingerprint density at radius 1 is 1.29 bits per heavy atom. The summed E-state index contributed by atoms with van der Waals surface area (Å²) in [6.07, 6.45) is -2.51. The van der Waals surface area contributed by atoms with Gasteiger partial charge in [-0.25, -0.2) is 0 Å². The summed E-state index contributed by atoms with van der Waals surface area (Å²) in [5.41, 5.74) is 0.959. The minimum Gasteiger partial charge on any atom is -0.305 e. The molecule has 6 heteroatoms. The van der Waals surface area contributed by atoms with E-state index in [0.29, 0.717) is 5.69 Å². The molecular formula is C15H17F3N2S. The molecule has 0 radical (unpaired) electrons. The van der Waals surface area contributed by atoms with Gasteiger partial charge in [0.05, 0.1) is 17.3 Å². The third-order valence-electron chi connectivity index (χ3n) is 3.22. The van der Waals surface area contributed by atoms with E-state index in [1.54, 1.807) is 11.3 Å². The maximum absolute atomic E-state index is 12.6. The SMILES string of the molecule is CCCNC(c1ccc(C(F)(F)F)cn1)c1ccsc1C. The van der Waals surface area contributed by atoms with Crippen molar-refractivity contribution in [3.63, 3.8) is 0 Å². The van der Waals surface area contributed by atoms with E-state index in [1.165, 1.54) is 6.07 Å². The molecule has 0 fully saturated rings. The first-order chi connectivity index (χ1) is 9.93. The second-order valence-corrected chi connectivity index (χ2v) is 5.91. The van der Waals surface area contributed by atoms with E-state index in [-0.39, 0.29) is 6.04 Å². The van der Waals surface area contributed by atoms with Gasteiger partial charge in [-0.15, -0.1) is 11.3 Å². The number of nitrogens with zero attached hydrogens (tertiary/aromatic N) is 1. The van der Waals surface area contributed by atoms with Gasteiger partial charge in [-0.1, -0.05) is 6.92 Å². The molecule has 2 aromatic rings. The molecule has 0 bridgehead atoms. The Hall–Kier alpha value is -1.40. The van der Waals surface area contributed by atoms with Crippen molar-refractivity contribution in [3.05, 3.63) is 51.5 Å². The summed E-state index contributed by atoms with van der Waals surface area (Å²) in [7, 11) is 0. The van der Waals surface area contributed by atoms with Crippen LogP contribution in [-0.4, -0.2) is 11.5 Å². The van der Waals surface area contributed by atoms with Crippen LogP contribution in [0.25, 0.3) is 0 Å². The lowest BCUT2D eigenvalue weighted by Crippen LogP contribution is -2.24. The molecular weight excluding hydrogens is 297 g/mol. The van der Waals surface area contributed by atoms with Crippen LogP contribution in [0.1, 0.15) is 41.1 Å². The molecule has 1 N–H and O–H groups in total. The summed E-state index contributed by atoms with van der Waals surface area (Å²) in [6, 6.07) is 4.36. The number of pyridine rings is 1. The van der Waals surface area contributed by atoms with E-state index in [2.05, 4.69) is 10.3 Å². The lowest BCUT2D eigenvalue weighted by molar-refractivity contribution is -0.137. The van der Waals surface area contributed by atoms with Gasteiger partial charge in [0.2, 0.25) is 0 Å². The smallest absolute Gasteiger partial charge is 0.305 e. The van der Waals surface area contributed by atoms with Gasteiger partial charge in [-0.05, 0) is 49.0 Å². The van der Waals surface area contributed by atoms with Crippen molar-refractivity contribution < 1.29 is 13.2 Å². The average molecular weight is 314 g/mol. The summed E-state index contributed by atoms with van der Waals surface area (Å²) in [4.78, 5) is 5.16. The van der Waals surface area contributed by atoms with Crippen LogP contribution < -0.4 is 5.32 Å². The van der Waals surface area contributed by atoms with Gasteiger partial charge < -0.3 is 5.32 Å². The number of nitrogens with one attached hydrogen (secondary N) is 1. The molecule has 21 heavy (non-hydrogen) atoms. The quantitative estimate of drug-likeness (QED) is 0.875. The second-order valence-electron chi connectivity index (χ2n) is 4.79. The van der Waals surface area contributed by atoms with Crippen LogP contribution in [0.3, 0.4) is 0 Å². The molecule has 0 aromatic carbocycles. The number of aromatic nitrogens is 1. The number of alkyl halides is 3. The summed E-state index contributed by atoms with van der Waals surface area (Å²) in [5, 5.41) is 5.33. The third-order valence-corrected chi connectivity index (χ3v) is 4.08. The Kier molecular flexibility index (Phi) is 5.00. The standard InChI is InChI=1S/C15H17F3N2S/c1-3-7-19-14(12-6-8-21-10(12)2)13-5-4-11(9-20-13)15(16,17)18/h4-6,8-9,14,19H,3,7H2,1-2H3. The van der Waals surface area contributed by atoms with Crippen molar-refractivity contribution in [3.8, 4) is 0 Å². The highest BCUT2D eigenvalue weighted by Crippen LogP contribution is 2.31. The molecule has 2 nitrogen and oxygen atoms in total. The van der Waals surface area contributed by atoms with Gasteiger partial charge in [0.25, 0.3) is 0 Å². The van der Waals surface area contributed by atoms with E-state index in [1.807, 2.05) is 25.3 Å². The Balaban J connectivity index is 2.31. The van der Waals surface area contributed by atoms with E-state index in [4.69, 9.17) is 0 Å². The van der Waals surface area contributed by atoms with Crippen LogP contribution in [0.15, 0.2) is 29.8 Å². The molecule has 1 unspecified atom stereocenters. The summed E-state index contributed by atoms with van der Waals surface area (Å²) in [6.45, 7) is 4.83. The molecule has 0 amide bonds. The number of halogens is 3. The average Bonchev–Trinajstić information content (AvgIpc) is 2.85. The fourth-order valence-electron chi connectivity index (χ4n) is 2.10. The van der Waals surface area contributed by atoms with Crippen LogP contribution in [-0.2, 0) is 6.18 Å². The topological polar surface area (TPSA) is 24.9 Å². The molecule has 2 heterocycles. The van der Waals surface area contributed by atoms with Crippen molar-refractivity contribution in [1.29, 1.82) is 0 Å². The van der Waals surface area contributed by atoms with Gasteiger partial charge in [0, 0.05) is 11.1 Å². The molecule has 0 saturated heterocycles.